The predicted octanol–water partition coefficient (Wildman–Crippen LogP) is 1.22. The molecule has 3 N–H and O–H groups in total. The van der Waals surface area contributed by atoms with Gasteiger partial charge in [-0.2, -0.15) is 0 Å². The molecule has 0 saturated heterocycles. The van der Waals surface area contributed by atoms with E-state index in [9.17, 15) is 8.42 Å². The molecule has 3 unspecified atom stereocenters. The van der Waals surface area contributed by atoms with E-state index in [4.69, 9.17) is 5.73 Å². The normalized spacial score (nSPS) is 29.7. The molecule has 0 aliphatic heterocycles. The summed E-state index contributed by atoms with van der Waals surface area (Å²) in [5.74, 6) is 0.724. The summed E-state index contributed by atoms with van der Waals surface area (Å²) >= 11 is 0. The number of nitrogens with two attached hydrogens (primary N) is 1. The average molecular weight is 248 g/mol. The van der Waals surface area contributed by atoms with Crippen LogP contribution in [0.1, 0.15) is 46.0 Å². The zero-order valence-electron chi connectivity index (χ0n) is 10.3. The monoisotopic (exact) mass is 248 g/mol. The van der Waals surface area contributed by atoms with Crippen molar-refractivity contribution in [1.82, 2.24) is 4.72 Å². The van der Waals surface area contributed by atoms with Gasteiger partial charge in [0.1, 0.15) is 0 Å². The SMILES string of the molecule is CC1CCCC(NS(=O)(=O)C(C)CN)CC1. The van der Waals surface area contributed by atoms with Crippen LogP contribution in [0.2, 0.25) is 0 Å². The summed E-state index contributed by atoms with van der Waals surface area (Å²) in [7, 11) is -3.22. The Morgan fingerprint density at radius 1 is 1.31 bits per heavy atom. The van der Waals surface area contributed by atoms with Crippen LogP contribution >= 0.6 is 0 Å². The largest absolute Gasteiger partial charge is 0.329 e. The number of sulfonamides is 1. The first-order chi connectivity index (χ1) is 7.45. The van der Waals surface area contributed by atoms with E-state index < -0.39 is 15.3 Å². The van der Waals surface area contributed by atoms with Crippen molar-refractivity contribution >= 4 is 10.0 Å². The van der Waals surface area contributed by atoms with Crippen LogP contribution in [0.5, 0.6) is 0 Å². The third kappa shape index (κ3) is 4.03. The number of hydrogen-bond donors (Lipinski definition) is 2. The van der Waals surface area contributed by atoms with E-state index in [1.54, 1.807) is 6.92 Å². The molecule has 1 aliphatic carbocycles. The van der Waals surface area contributed by atoms with Crippen molar-refractivity contribution in [1.29, 1.82) is 0 Å². The summed E-state index contributed by atoms with van der Waals surface area (Å²) in [6, 6.07) is 0.115. The maximum absolute atomic E-state index is 11.8. The quantitative estimate of drug-likeness (QED) is 0.735. The zero-order valence-corrected chi connectivity index (χ0v) is 11.1. The highest BCUT2D eigenvalue weighted by atomic mass is 32.2. The molecule has 0 aromatic carbocycles. The molecule has 1 aliphatic rings. The third-order valence-electron chi connectivity index (χ3n) is 3.45. The molecule has 0 aromatic rings. The third-order valence-corrected chi connectivity index (χ3v) is 5.36. The summed E-state index contributed by atoms with van der Waals surface area (Å²) in [6.45, 7) is 4.07. The lowest BCUT2D eigenvalue weighted by molar-refractivity contribution is 0.482. The molecule has 5 heteroatoms. The fourth-order valence-corrected chi connectivity index (χ4v) is 3.27. The molecule has 0 spiro atoms. The van der Waals surface area contributed by atoms with E-state index in [2.05, 4.69) is 11.6 Å². The second-order valence-corrected chi connectivity index (χ2v) is 7.15. The fraction of sp³-hybridized carbons (Fsp3) is 1.00. The second kappa shape index (κ2) is 5.98. The van der Waals surface area contributed by atoms with Crippen molar-refractivity contribution in [2.75, 3.05) is 6.54 Å². The highest BCUT2D eigenvalue weighted by molar-refractivity contribution is 7.90. The van der Waals surface area contributed by atoms with Crippen LogP contribution in [0.4, 0.5) is 0 Å². The lowest BCUT2D eigenvalue weighted by Gasteiger charge is -2.19. The molecule has 0 heterocycles. The van der Waals surface area contributed by atoms with Gasteiger partial charge in [-0.1, -0.05) is 19.8 Å². The van der Waals surface area contributed by atoms with E-state index >= 15 is 0 Å². The minimum atomic E-state index is -3.22. The van der Waals surface area contributed by atoms with Crippen LogP contribution in [0.3, 0.4) is 0 Å². The topological polar surface area (TPSA) is 72.2 Å². The molecule has 0 bridgehead atoms. The Kier molecular flexibility index (Phi) is 5.21. The molecule has 3 atom stereocenters. The minimum Gasteiger partial charge on any atom is -0.329 e. The number of hydrogen-bond acceptors (Lipinski definition) is 3. The smallest absolute Gasteiger partial charge is 0.215 e. The fourth-order valence-electron chi connectivity index (χ4n) is 2.08. The second-order valence-electron chi connectivity index (χ2n) is 5.02. The zero-order chi connectivity index (χ0) is 12.2. The number of nitrogens with one attached hydrogen (secondary N) is 1. The van der Waals surface area contributed by atoms with Crippen molar-refractivity contribution in [2.24, 2.45) is 11.7 Å². The lowest BCUT2D eigenvalue weighted by atomic mass is 10.0. The Morgan fingerprint density at radius 2 is 2.00 bits per heavy atom. The first-order valence-electron chi connectivity index (χ1n) is 6.17. The molecular weight excluding hydrogens is 224 g/mol. The summed E-state index contributed by atoms with van der Waals surface area (Å²) in [4.78, 5) is 0. The van der Waals surface area contributed by atoms with Gasteiger partial charge < -0.3 is 5.73 Å². The highest BCUT2D eigenvalue weighted by Crippen LogP contribution is 2.23. The van der Waals surface area contributed by atoms with Gasteiger partial charge in [0.05, 0.1) is 5.25 Å². The Morgan fingerprint density at radius 3 is 2.62 bits per heavy atom. The Hall–Kier alpha value is -0.130. The van der Waals surface area contributed by atoms with Crippen molar-refractivity contribution in [2.45, 2.75) is 57.2 Å². The maximum atomic E-state index is 11.8. The van der Waals surface area contributed by atoms with Crippen molar-refractivity contribution < 1.29 is 8.42 Å². The molecule has 1 saturated carbocycles. The first-order valence-corrected chi connectivity index (χ1v) is 7.71. The Bertz CT molecular complexity index is 303. The van der Waals surface area contributed by atoms with Crippen molar-refractivity contribution in [3.63, 3.8) is 0 Å². The van der Waals surface area contributed by atoms with Gasteiger partial charge in [-0.05, 0) is 32.1 Å². The summed E-state index contributed by atoms with van der Waals surface area (Å²) in [5.41, 5.74) is 5.40. The standard InChI is InChI=1S/C11H24N2O2S/c1-9-4-3-5-11(7-6-9)13-16(14,15)10(2)8-12/h9-11,13H,3-8,12H2,1-2H3. The van der Waals surface area contributed by atoms with Crippen LogP contribution in [-0.2, 0) is 10.0 Å². The van der Waals surface area contributed by atoms with E-state index in [1.165, 1.54) is 6.42 Å². The highest BCUT2D eigenvalue weighted by Gasteiger charge is 2.24. The Labute approximate surface area is 99.0 Å². The first kappa shape index (κ1) is 13.9. The molecule has 0 aromatic heterocycles. The maximum Gasteiger partial charge on any atom is 0.215 e. The number of rotatable bonds is 4. The minimum absolute atomic E-state index is 0.115. The summed E-state index contributed by atoms with van der Waals surface area (Å²) in [5, 5.41) is -0.492. The molecule has 0 radical (unpaired) electrons. The van der Waals surface area contributed by atoms with E-state index in [1.807, 2.05) is 0 Å². The van der Waals surface area contributed by atoms with E-state index in [-0.39, 0.29) is 12.6 Å². The van der Waals surface area contributed by atoms with Gasteiger partial charge >= 0.3 is 0 Å². The van der Waals surface area contributed by atoms with Gasteiger partial charge in [-0.3, -0.25) is 0 Å². The molecule has 1 rings (SSSR count). The van der Waals surface area contributed by atoms with Gasteiger partial charge in [-0.25, -0.2) is 13.1 Å². The van der Waals surface area contributed by atoms with Crippen LogP contribution in [0.15, 0.2) is 0 Å². The van der Waals surface area contributed by atoms with Gasteiger partial charge in [0, 0.05) is 12.6 Å². The van der Waals surface area contributed by atoms with Gasteiger partial charge in [0.2, 0.25) is 10.0 Å². The van der Waals surface area contributed by atoms with Gasteiger partial charge in [-0.15, -0.1) is 0 Å². The van der Waals surface area contributed by atoms with Crippen LogP contribution in [0, 0.1) is 5.92 Å². The molecule has 4 nitrogen and oxygen atoms in total. The summed E-state index contributed by atoms with van der Waals surface area (Å²) in [6.07, 6.45) is 5.36. The average Bonchev–Trinajstić information content (AvgIpc) is 2.42. The molecule has 1 fully saturated rings. The van der Waals surface area contributed by atoms with Crippen LogP contribution < -0.4 is 10.5 Å². The molecule has 16 heavy (non-hydrogen) atoms. The van der Waals surface area contributed by atoms with Crippen LogP contribution in [0.25, 0.3) is 0 Å². The molecule has 0 amide bonds. The van der Waals surface area contributed by atoms with Crippen molar-refractivity contribution in [3.05, 3.63) is 0 Å². The van der Waals surface area contributed by atoms with E-state index in [0.717, 1.165) is 31.6 Å². The van der Waals surface area contributed by atoms with Gasteiger partial charge in [0.25, 0.3) is 0 Å². The van der Waals surface area contributed by atoms with E-state index in [0.29, 0.717) is 0 Å². The van der Waals surface area contributed by atoms with Crippen LogP contribution in [-0.4, -0.2) is 26.3 Å². The lowest BCUT2D eigenvalue weighted by Crippen LogP contribution is -2.42. The summed E-state index contributed by atoms with van der Waals surface area (Å²) < 4.78 is 26.5. The van der Waals surface area contributed by atoms with Crippen molar-refractivity contribution in [3.8, 4) is 0 Å². The Balaban J connectivity index is 2.53. The molecular formula is C11H24N2O2S. The van der Waals surface area contributed by atoms with Gasteiger partial charge in [0.15, 0.2) is 0 Å². The molecule has 96 valence electrons. The predicted molar refractivity (Wildman–Crippen MR) is 66.6 cm³/mol.